The van der Waals surface area contributed by atoms with Crippen LogP contribution in [-0.4, -0.2) is 50.0 Å². The van der Waals surface area contributed by atoms with E-state index in [4.69, 9.17) is 23.2 Å². The van der Waals surface area contributed by atoms with E-state index in [0.717, 1.165) is 48.2 Å². The van der Waals surface area contributed by atoms with E-state index in [1.807, 2.05) is 0 Å². The molecule has 35 heavy (non-hydrogen) atoms. The Morgan fingerprint density at radius 2 is 1.51 bits per heavy atom. The third-order valence-electron chi connectivity index (χ3n) is 6.18. The van der Waals surface area contributed by atoms with E-state index in [1.54, 1.807) is 55.5 Å². The first-order chi connectivity index (χ1) is 16.5. The van der Waals surface area contributed by atoms with E-state index in [1.165, 1.54) is 4.90 Å². The number of nitrogens with zero attached hydrogens (tertiary/aromatic N) is 2. The van der Waals surface area contributed by atoms with Crippen LogP contribution >= 0.6 is 23.2 Å². The maximum absolute atomic E-state index is 13.5. The van der Waals surface area contributed by atoms with Crippen LogP contribution in [0.5, 0.6) is 0 Å². The van der Waals surface area contributed by atoms with Crippen molar-refractivity contribution in [1.82, 2.24) is 10.2 Å². The first-order valence-electron chi connectivity index (χ1n) is 11.6. The molecule has 1 fully saturated rings. The summed E-state index contributed by atoms with van der Waals surface area (Å²) in [7, 11) is -3.78. The number of benzene rings is 2. The summed E-state index contributed by atoms with van der Waals surface area (Å²) >= 11 is 12.0. The number of sulfonamides is 1. The summed E-state index contributed by atoms with van der Waals surface area (Å²) in [5, 5.41) is 4.08. The highest BCUT2D eigenvalue weighted by Crippen LogP contribution is 2.22. The number of halogens is 2. The molecule has 0 aliphatic heterocycles. The van der Waals surface area contributed by atoms with E-state index in [9.17, 15) is 18.0 Å². The molecule has 0 bridgehead atoms. The van der Waals surface area contributed by atoms with Crippen molar-refractivity contribution in [2.24, 2.45) is 0 Å². The molecule has 1 atom stereocenters. The fourth-order valence-electron chi connectivity index (χ4n) is 4.16. The summed E-state index contributed by atoms with van der Waals surface area (Å²) in [4.78, 5) is 28.1. The number of hydrogen-bond donors (Lipinski definition) is 1. The summed E-state index contributed by atoms with van der Waals surface area (Å²) in [5.41, 5.74) is 1.09. The van der Waals surface area contributed by atoms with Crippen LogP contribution in [0.25, 0.3) is 0 Å². The molecule has 7 nitrogen and oxygen atoms in total. The van der Waals surface area contributed by atoms with Crippen molar-refractivity contribution in [1.29, 1.82) is 0 Å². The molecule has 3 rings (SSSR count). The van der Waals surface area contributed by atoms with Crippen LogP contribution in [0, 0.1) is 0 Å². The van der Waals surface area contributed by atoms with E-state index >= 15 is 0 Å². The summed E-state index contributed by atoms with van der Waals surface area (Å²) < 4.78 is 26.2. The molecule has 0 radical (unpaired) electrons. The topological polar surface area (TPSA) is 86.8 Å². The quantitative estimate of drug-likeness (QED) is 0.503. The Bertz CT molecular complexity index is 1120. The van der Waals surface area contributed by atoms with Crippen LogP contribution in [0.2, 0.25) is 10.0 Å². The smallest absolute Gasteiger partial charge is 0.244 e. The maximum Gasteiger partial charge on any atom is 0.244 e. The molecule has 190 valence electrons. The van der Waals surface area contributed by atoms with Gasteiger partial charge in [0.25, 0.3) is 0 Å². The van der Waals surface area contributed by atoms with Gasteiger partial charge < -0.3 is 10.2 Å². The van der Waals surface area contributed by atoms with Crippen LogP contribution in [0.4, 0.5) is 5.69 Å². The molecule has 2 aromatic rings. The minimum atomic E-state index is -3.78. The van der Waals surface area contributed by atoms with Gasteiger partial charge in [-0.3, -0.25) is 13.9 Å². The zero-order valence-electron chi connectivity index (χ0n) is 19.9. The fourth-order valence-corrected chi connectivity index (χ4v) is 5.26. The molecule has 10 heteroatoms. The molecule has 0 saturated heterocycles. The highest BCUT2D eigenvalue weighted by molar-refractivity contribution is 7.92. The third kappa shape index (κ3) is 7.85. The highest BCUT2D eigenvalue weighted by Gasteiger charge is 2.31. The molecule has 0 heterocycles. The van der Waals surface area contributed by atoms with Gasteiger partial charge in [-0.05, 0) is 61.7 Å². The number of hydrogen-bond acceptors (Lipinski definition) is 4. The van der Waals surface area contributed by atoms with E-state index in [2.05, 4.69) is 5.32 Å². The minimum Gasteiger partial charge on any atom is -0.352 e. The molecule has 1 aliphatic carbocycles. The van der Waals surface area contributed by atoms with Crippen LogP contribution < -0.4 is 9.62 Å². The zero-order valence-corrected chi connectivity index (χ0v) is 22.2. The lowest BCUT2D eigenvalue weighted by Gasteiger charge is -2.33. The molecule has 0 aromatic heterocycles. The van der Waals surface area contributed by atoms with Gasteiger partial charge in [0.1, 0.15) is 12.6 Å². The van der Waals surface area contributed by atoms with E-state index in [0.29, 0.717) is 15.7 Å². The van der Waals surface area contributed by atoms with Crippen molar-refractivity contribution in [3.63, 3.8) is 0 Å². The van der Waals surface area contributed by atoms with Crippen molar-refractivity contribution < 1.29 is 18.0 Å². The van der Waals surface area contributed by atoms with Gasteiger partial charge in [-0.25, -0.2) is 8.42 Å². The van der Waals surface area contributed by atoms with Crippen LogP contribution in [0.3, 0.4) is 0 Å². The molecule has 0 unspecified atom stereocenters. The second-order valence-corrected chi connectivity index (χ2v) is 11.7. The number of anilines is 1. The van der Waals surface area contributed by atoms with Crippen LogP contribution in [0.1, 0.15) is 44.6 Å². The lowest BCUT2D eigenvalue weighted by atomic mass is 9.95. The lowest BCUT2D eigenvalue weighted by molar-refractivity contribution is -0.139. The predicted octanol–water partition coefficient (Wildman–Crippen LogP) is 4.63. The van der Waals surface area contributed by atoms with Gasteiger partial charge in [-0.1, -0.05) is 54.6 Å². The second kappa shape index (κ2) is 12.1. The molecule has 1 saturated carbocycles. The molecular weight excluding hydrogens is 509 g/mol. The Kier molecular flexibility index (Phi) is 9.44. The fraction of sp³-hybridized carbons (Fsp3) is 0.440. The maximum atomic E-state index is 13.5. The lowest BCUT2D eigenvalue weighted by Crippen LogP contribution is -2.52. The Labute approximate surface area is 217 Å². The molecule has 0 spiro atoms. The van der Waals surface area contributed by atoms with E-state index in [-0.39, 0.29) is 18.5 Å². The average Bonchev–Trinajstić information content (AvgIpc) is 2.82. The van der Waals surface area contributed by atoms with Gasteiger partial charge in [-0.2, -0.15) is 0 Å². The van der Waals surface area contributed by atoms with Crippen molar-refractivity contribution >= 4 is 50.7 Å². The Hall–Kier alpha value is -2.29. The molecule has 2 amide bonds. The normalized spacial score (nSPS) is 15.3. The van der Waals surface area contributed by atoms with Crippen molar-refractivity contribution in [2.45, 2.75) is 57.7 Å². The van der Waals surface area contributed by atoms with Crippen molar-refractivity contribution in [3.8, 4) is 0 Å². The molecule has 2 aromatic carbocycles. The minimum absolute atomic E-state index is 0.0905. The monoisotopic (exact) mass is 539 g/mol. The van der Waals surface area contributed by atoms with Gasteiger partial charge in [0.15, 0.2) is 0 Å². The third-order valence-corrected chi connectivity index (χ3v) is 7.82. The number of amides is 2. The summed E-state index contributed by atoms with van der Waals surface area (Å²) in [5.74, 6) is -0.747. The summed E-state index contributed by atoms with van der Waals surface area (Å²) in [6.45, 7) is 1.35. The summed E-state index contributed by atoms with van der Waals surface area (Å²) in [6.07, 6.45) is 6.17. The first-order valence-corrected chi connectivity index (χ1v) is 14.2. The number of carbonyl (C=O) groups excluding carboxylic acids is 2. The van der Waals surface area contributed by atoms with Crippen LogP contribution in [0.15, 0.2) is 48.5 Å². The van der Waals surface area contributed by atoms with Gasteiger partial charge in [-0.15, -0.1) is 0 Å². The number of rotatable bonds is 9. The Morgan fingerprint density at radius 1 is 0.971 bits per heavy atom. The second-order valence-electron chi connectivity index (χ2n) is 8.91. The zero-order chi connectivity index (χ0) is 25.6. The van der Waals surface area contributed by atoms with Gasteiger partial charge in [0.2, 0.25) is 21.8 Å². The molecule has 1 N–H and O–H groups in total. The van der Waals surface area contributed by atoms with Crippen molar-refractivity contribution in [3.05, 3.63) is 64.1 Å². The number of nitrogens with one attached hydrogen (secondary N) is 1. The SMILES string of the molecule is C[C@@H](C(=O)NC1CCCCC1)N(Cc1ccc(Cl)cc1)C(=O)CN(c1ccc(Cl)cc1)S(C)(=O)=O. The molecular formula is C25H31Cl2N3O4S. The summed E-state index contributed by atoms with van der Waals surface area (Å²) in [6, 6.07) is 12.5. The highest BCUT2D eigenvalue weighted by atomic mass is 35.5. The van der Waals surface area contributed by atoms with Gasteiger partial charge >= 0.3 is 0 Å². The van der Waals surface area contributed by atoms with Crippen molar-refractivity contribution in [2.75, 3.05) is 17.1 Å². The van der Waals surface area contributed by atoms with Crippen LogP contribution in [-0.2, 0) is 26.2 Å². The van der Waals surface area contributed by atoms with E-state index < -0.39 is 28.5 Å². The van der Waals surface area contributed by atoms with Gasteiger partial charge in [0, 0.05) is 22.6 Å². The molecule has 1 aliphatic rings. The standard InChI is InChI=1S/C25H31Cl2N3O4S/c1-18(25(32)28-22-6-4-3-5-7-22)29(16-19-8-10-20(26)11-9-19)24(31)17-30(35(2,33)34)23-14-12-21(27)13-15-23/h8-15,18,22H,3-7,16-17H2,1-2H3,(H,28,32)/t18-/m0/s1. The Balaban J connectivity index is 1.85. The predicted molar refractivity (Wildman–Crippen MR) is 140 cm³/mol. The first kappa shape index (κ1) is 27.3. The Morgan fingerprint density at radius 3 is 2.06 bits per heavy atom. The van der Waals surface area contributed by atoms with Gasteiger partial charge in [0.05, 0.1) is 11.9 Å². The average molecular weight is 541 g/mol. The largest absolute Gasteiger partial charge is 0.352 e. The number of carbonyl (C=O) groups is 2.